The number of carboxylic acid groups (broad SMARTS) is 1. The minimum Gasteiger partial charge on any atom is -0.480 e. The zero-order valence-electron chi connectivity index (χ0n) is 19.7. The molecule has 4 unspecified atom stereocenters. The van der Waals surface area contributed by atoms with E-state index in [4.69, 9.17) is 17.2 Å². The molecule has 14 nitrogen and oxygen atoms in total. The van der Waals surface area contributed by atoms with Crippen LogP contribution in [0, 0.1) is 0 Å². The second kappa shape index (κ2) is 15.6. The van der Waals surface area contributed by atoms with E-state index in [2.05, 4.69) is 21.3 Å². The van der Waals surface area contributed by atoms with E-state index in [1.807, 2.05) is 0 Å². The molecule has 0 aromatic heterocycles. The minimum absolute atomic E-state index is 0.110. The van der Waals surface area contributed by atoms with Crippen LogP contribution in [-0.4, -0.2) is 77.9 Å². The Morgan fingerprint density at radius 1 is 0.829 bits per heavy atom. The summed E-state index contributed by atoms with van der Waals surface area (Å²) < 4.78 is 0. The molecular weight excluding hydrogens is 462 g/mol. The molecule has 1 rings (SSSR count). The number of hydrogen-bond donors (Lipinski definition) is 8. The van der Waals surface area contributed by atoms with E-state index in [9.17, 15) is 33.9 Å². The number of carbonyl (C=O) groups excluding carboxylic acids is 5. The molecule has 0 aliphatic carbocycles. The monoisotopic (exact) mass is 499 g/mol. The molecule has 0 aromatic rings. The number of carbonyl (C=O) groups is 6. The number of hydrogen-bond acceptors (Lipinski definition) is 8. The summed E-state index contributed by atoms with van der Waals surface area (Å²) in [5.74, 6) is -4.70. The maximum Gasteiger partial charge on any atom is 0.326 e. The third-order valence-electron chi connectivity index (χ3n) is 5.56. The topological polar surface area (TPSA) is 249 Å². The van der Waals surface area contributed by atoms with E-state index in [1.165, 1.54) is 0 Å². The van der Waals surface area contributed by atoms with E-state index in [-0.39, 0.29) is 32.1 Å². The average molecular weight is 500 g/mol. The first-order chi connectivity index (χ1) is 16.5. The van der Waals surface area contributed by atoms with Gasteiger partial charge in [0.25, 0.3) is 0 Å². The Kier molecular flexibility index (Phi) is 13.3. The Hall–Kier alpha value is -3.26. The number of primary amides is 2. The highest BCUT2D eigenvalue weighted by molar-refractivity contribution is 5.94. The van der Waals surface area contributed by atoms with Gasteiger partial charge in [0.05, 0.1) is 6.04 Å². The van der Waals surface area contributed by atoms with Crippen molar-refractivity contribution in [2.75, 3.05) is 13.1 Å². The zero-order chi connectivity index (χ0) is 26.4. The van der Waals surface area contributed by atoms with Gasteiger partial charge in [-0.15, -0.1) is 0 Å². The molecule has 4 atom stereocenters. The fourth-order valence-corrected chi connectivity index (χ4v) is 3.59. The number of amides is 5. The maximum absolute atomic E-state index is 13.0. The minimum atomic E-state index is -1.30. The predicted molar refractivity (Wildman–Crippen MR) is 124 cm³/mol. The molecule has 0 spiro atoms. The van der Waals surface area contributed by atoms with Gasteiger partial charge >= 0.3 is 5.97 Å². The van der Waals surface area contributed by atoms with Crippen LogP contribution in [0.3, 0.4) is 0 Å². The van der Waals surface area contributed by atoms with Gasteiger partial charge in [0.15, 0.2) is 0 Å². The first-order valence-corrected chi connectivity index (χ1v) is 11.7. The van der Waals surface area contributed by atoms with Gasteiger partial charge in [0.2, 0.25) is 29.5 Å². The summed E-state index contributed by atoms with van der Waals surface area (Å²) in [6.45, 7) is 1.02. The molecule has 1 saturated heterocycles. The molecule has 14 heteroatoms. The van der Waals surface area contributed by atoms with Crippen molar-refractivity contribution in [3.8, 4) is 0 Å². The number of unbranched alkanes of at least 4 members (excludes halogenated alkanes) is 1. The number of nitrogens with two attached hydrogens (primary N) is 3. The van der Waals surface area contributed by atoms with Crippen molar-refractivity contribution in [3.05, 3.63) is 0 Å². The molecule has 0 aromatic carbocycles. The van der Waals surface area contributed by atoms with Gasteiger partial charge in [-0.25, -0.2) is 4.79 Å². The van der Waals surface area contributed by atoms with Gasteiger partial charge in [-0.2, -0.15) is 0 Å². The van der Waals surface area contributed by atoms with Crippen molar-refractivity contribution >= 4 is 35.5 Å². The first-order valence-electron chi connectivity index (χ1n) is 11.7. The highest BCUT2D eigenvalue weighted by Crippen LogP contribution is 2.08. The van der Waals surface area contributed by atoms with Crippen LogP contribution in [-0.2, 0) is 28.8 Å². The van der Waals surface area contributed by atoms with Crippen molar-refractivity contribution in [1.82, 2.24) is 21.3 Å². The number of nitrogens with one attached hydrogen (secondary N) is 4. The molecule has 198 valence electrons. The quantitative estimate of drug-likeness (QED) is 0.0944. The van der Waals surface area contributed by atoms with Crippen LogP contribution in [0.2, 0.25) is 0 Å². The van der Waals surface area contributed by atoms with Gasteiger partial charge in [-0.3, -0.25) is 24.0 Å². The molecule has 0 bridgehead atoms. The van der Waals surface area contributed by atoms with E-state index in [0.29, 0.717) is 32.4 Å². The third-order valence-corrected chi connectivity index (χ3v) is 5.56. The van der Waals surface area contributed by atoms with Crippen LogP contribution in [0.15, 0.2) is 0 Å². The third kappa shape index (κ3) is 11.6. The summed E-state index contributed by atoms with van der Waals surface area (Å²) in [4.78, 5) is 72.4. The predicted octanol–water partition coefficient (Wildman–Crippen LogP) is -3.06. The Balaban J connectivity index is 2.94. The largest absolute Gasteiger partial charge is 0.480 e. The molecule has 0 saturated carbocycles. The highest BCUT2D eigenvalue weighted by Gasteiger charge is 2.31. The summed E-state index contributed by atoms with van der Waals surface area (Å²) in [6, 6.07) is -4.19. The molecule has 1 heterocycles. The molecule has 0 radical (unpaired) electrons. The summed E-state index contributed by atoms with van der Waals surface area (Å²) in [6.07, 6.45) is 1.78. The molecular formula is C21H37N7O7. The lowest BCUT2D eigenvalue weighted by Crippen LogP contribution is -2.57. The normalized spacial score (nSPS) is 17.6. The van der Waals surface area contributed by atoms with Crippen LogP contribution in [0.5, 0.6) is 0 Å². The Morgan fingerprint density at radius 2 is 1.37 bits per heavy atom. The van der Waals surface area contributed by atoms with Crippen LogP contribution < -0.4 is 38.5 Å². The molecule has 35 heavy (non-hydrogen) atoms. The van der Waals surface area contributed by atoms with Crippen molar-refractivity contribution in [1.29, 1.82) is 0 Å². The Labute approximate surface area is 203 Å². The summed E-state index contributed by atoms with van der Waals surface area (Å²) in [7, 11) is 0. The summed E-state index contributed by atoms with van der Waals surface area (Å²) in [5.41, 5.74) is 15.8. The van der Waals surface area contributed by atoms with Gasteiger partial charge < -0.3 is 43.6 Å². The first kappa shape index (κ1) is 29.8. The smallest absolute Gasteiger partial charge is 0.326 e. The van der Waals surface area contributed by atoms with Crippen LogP contribution >= 0.6 is 0 Å². The zero-order valence-corrected chi connectivity index (χ0v) is 19.7. The van der Waals surface area contributed by atoms with Crippen LogP contribution in [0.1, 0.15) is 57.8 Å². The number of carboxylic acids is 1. The van der Waals surface area contributed by atoms with E-state index in [1.54, 1.807) is 0 Å². The molecule has 11 N–H and O–H groups in total. The number of rotatable bonds is 17. The van der Waals surface area contributed by atoms with Gasteiger partial charge in [0.1, 0.15) is 18.1 Å². The Bertz CT molecular complexity index is 771. The summed E-state index contributed by atoms with van der Waals surface area (Å²) in [5, 5.41) is 19.8. The average Bonchev–Trinajstić information content (AvgIpc) is 3.33. The fraction of sp³-hybridized carbons (Fsp3) is 0.714. The lowest BCUT2D eigenvalue weighted by atomic mass is 10.0. The van der Waals surface area contributed by atoms with Crippen molar-refractivity contribution < 1.29 is 33.9 Å². The van der Waals surface area contributed by atoms with Gasteiger partial charge in [-0.1, -0.05) is 0 Å². The Morgan fingerprint density at radius 3 is 1.83 bits per heavy atom. The second-order valence-corrected chi connectivity index (χ2v) is 8.47. The molecule has 5 amide bonds. The molecule has 1 fully saturated rings. The maximum atomic E-state index is 13.0. The molecule has 1 aliphatic heterocycles. The lowest BCUT2D eigenvalue weighted by molar-refractivity contribution is -0.142. The van der Waals surface area contributed by atoms with Crippen LogP contribution in [0.25, 0.3) is 0 Å². The van der Waals surface area contributed by atoms with Crippen molar-refractivity contribution in [2.45, 2.75) is 82.0 Å². The lowest BCUT2D eigenvalue weighted by Gasteiger charge is -2.25. The van der Waals surface area contributed by atoms with Crippen molar-refractivity contribution in [2.24, 2.45) is 17.2 Å². The van der Waals surface area contributed by atoms with Crippen LogP contribution in [0.4, 0.5) is 0 Å². The molecule has 1 aliphatic rings. The van der Waals surface area contributed by atoms with Crippen molar-refractivity contribution in [3.63, 3.8) is 0 Å². The van der Waals surface area contributed by atoms with E-state index < -0.39 is 59.7 Å². The number of aliphatic carboxylic acids is 1. The summed E-state index contributed by atoms with van der Waals surface area (Å²) >= 11 is 0. The highest BCUT2D eigenvalue weighted by atomic mass is 16.4. The van der Waals surface area contributed by atoms with E-state index in [0.717, 1.165) is 6.42 Å². The standard InChI is InChI=1S/C21H37N7O7/c22-10-2-1-4-15(21(34)35)28-20(33)14(7-9-17(24)30)27-19(32)13(6-8-16(23)29)26-18(31)12-5-3-11-25-12/h12-15,25H,1-11,22H2,(H2,23,29)(H2,24,30)(H,26,31)(H,27,32)(H,28,33)(H,34,35). The fourth-order valence-electron chi connectivity index (χ4n) is 3.59. The SMILES string of the molecule is NCCCCC(NC(=O)C(CCC(N)=O)NC(=O)C(CCC(N)=O)NC(=O)C1CCCN1)C(=O)O. The second-order valence-electron chi connectivity index (χ2n) is 8.47. The van der Waals surface area contributed by atoms with Gasteiger partial charge in [0, 0.05) is 12.8 Å². The van der Waals surface area contributed by atoms with Gasteiger partial charge in [-0.05, 0) is 58.0 Å². The van der Waals surface area contributed by atoms with E-state index >= 15 is 0 Å².